The maximum absolute atomic E-state index is 12.1. The summed E-state index contributed by atoms with van der Waals surface area (Å²) in [5.41, 5.74) is 1.08. The van der Waals surface area contributed by atoms with Gasteiger partial charge in [-0.15, -0.1) is 6.58 Å². The molecule has 1 aliphatic heterocycles. The number of halogens is 2. The molecule has 1 fully saturated rings. The Morgan fingerprint density at radius 1 is 1.42 bits per heavy atom. The fourth-order valence-electron chi connectivity index (χ4n) is 1.64. The van der Waals surface area contributed by atoms with Crippen molar-refractivity contribution in [2.75, 3.05) is 6.54 Å². The van der Waals surface area contributed by atoms with E-state index in [1.54, 1.807) is 30.4 Å². The number of benzene rings is 1. The number of thiocarbonyl (C=S) groups is 1. The molecule has 1 amide bonds. The van der Waals surface area contributed by atoms with Gasteiger partial charge in [-0.3, -0.25) is 9.69 Å². The third-order valence-electron chi connectivity index (χ3n) is 2.54. The van der Waals surface area contributed by atoms with Crippen LogP contribution in [-0.2, 0) is 4.79 Å². The molecule has 1 heterocycles. The van der Waals surface area contributed by atoms with Gasteiger partial charge in [0.05, 0.1) is 0 Å². The summed E-state index contributed by atoms with van der Waals surface area (Å²) in [4.78, 5) is 13.5. The molecule has 2 rings (SSSR count). The third kappa shape index (κ3) is 2.97. The Balaban J connectivity index is 2.32. The maximum Gasteiger partial charge on any atom is 0.276 e. The van der Waals surface area contributed by atoms with E-state index in [1.807, 2.05) is 0 Å². The minimum atomic E-state index is -0.198. The fourth-order valence-corrected chi connectivity index (χ4v) is 2.37. The number of amides is 1. The highest BCUT2D eigenvalue weighted by Crippen LogP contribution is 2.24. The first kappa shape index (κ1) is 14.1. The monoisotopic (exact) mass is 312 g/mol. The Morgan fingerprint density at radius 3 is 2.79 bits per heavy atom. The summed E-state index contributed by atoms with van der Waals surface area (Å²) in [6.45, 7) is 3.96. The number of nitrogens with one attached hydrogen (secondary N) is 1. The molecule has 19 heavy (non-hydrogen) atoms. The van der Waals surface area contributed by atoms with E-state index in [0.29, 0.717) is 33.0 Å². The Labute approximate surface area is 126 Å². The van der Waals surface area contributed by atoms with Crippen molar-refractivity contribution in [2.45, 2.75) is 0 Å². The van der Waals surface area contributed by atoms with Crippen molar-refractivity contribution < 1.29 is 4.79 Å². The number of rotatable bonds is 3. The van der Waals surface area contributed by atoms with Crippen LogP contribution in [0.2, 0.25) is 10.0 Å². The van der Waals surface area contributed by atoms with Crippen molar-refractivity contribution in [1.29, 1.82) is 0 Å². The van der Waals surface area contributed by atoms with Gasteiger partial charge < -0.3 is 5.32 Å². The molecule has 0 bridgehead atoms. The van der Waals surface area contributed by atoms with Gasteiger partial charge in [0.1, 0.15) is 5.70 Å². The molecule has 0 unspecified atom stereocenters. The van der Waals surface area contributed by atoms with Crippen LogP contribution in [0.4, 0.5) is 0 Å². The van der Waals surface area contributed by atoms with Gasteiger partial charge in [-0.2, -0.15) is 0 Å². The molecule has 3 nitrogen and oxygen atoms in total. The lowest BCUT2D eigenvalue weighted by atomic mass is 10.2. The maximum atomic E-state index is 12.1. The predicted octanol–water partition coefficient (Wildman–Crippen LogP) is 3.24. The molecule has 1 aromatic rings. The molecule has 0 aliphatic carbocycles. The lowest BCUT2D eigenvalue weighted by Crippen LogP contribution is -2.30. The highest BCUT2D eigenvalue weighted by molar-refractivity contribution is 7.80. The Hall–Kier alpha value is -1.36. The molecule has 0 atom stereocenters. The van der Waals surface area contributed by atoms with Crippen molar-refractivity contribution in [3.63, 3.8) is 0 Å². The van der Waals surface area contributed by atoms with E-state index >= 15 is 0 Å². The molecule has 0 aromatic heterocycles. The normalized spacial score (nSPS) is 16.9. The highest BCUT2D eigenvalue weighted by atomic mass is 35.5. The molecule has 0 saturated carbocycles. The predicted molar refractivity (Wildman–Crippen MR) is 82.1 cm³/mol. The van der Waals surface area contributed by atoms with Gasteiger partial charge in [0.2, 0.25) is 0 Å². The van der Waals surface area contributed by atoms with Gasteiger partial charge in [-0.25, -0.2) is 0 Å². The van der Waals surface area contributed by atoms with Crippen LogP contribution in [0.25, 0.3) is 6.08 Å². The lowest BCUT2D eigenvalue weighted by Gasteiger charge is -2.09. The molecule has 1 aromatic carbocycles. The second-order valence-corrected chi connectivity index (χ2v) is 5.09. The van der Waals surface area contributed by atoms with Crippen LogP contribution in [0.1, 0.15) is 5.56 Å². The van der Waals surface area contributed by atoms with E-state index in [-0.39, 0.29) is 5.91 Å². The summed E-state index contributed by atoms with van der Waals surface area (Å²) in [5.74, 6) is -0.198. The van der Waals surface area contributed by atoms with Crippen LogP contribution in [0.5, 0.6) is 0 Å². The largest absolute Gasteiger partial charge is 0.328 e. The number of carbonyl (C=O) groups is 1. The quantitative estimate of drug-likeness (QED) is 0.528. The van der Waals surface area contributed by atoms with Gasteiger partial charge >= 0.3 is 0 Å². The molecule has 1 aliphatic rings. The lowest BCUT2D eigenvalue weighted by molar-refractivity contribution is -0.122. The summed E-state index contributed by atoms with van der Waals surface area (Å²) >= 11 is 17.0. The van der Waals surface area contributed by atoms with Crippen LogP contribution in [0.15, 0.2) is 36.6 Å². The molecular formula is C13H10Cl2N2OS. The molecule has 1 N–H and O–H groups in total. The van der Waals surface area contributed by atoms with Crippen LogP contribution in [-0.4, -0.2) is 22.5 Å². The Morgan fingerprint density at radius 2 is 2.16 bits per heavy atom. The standard InChI is InChI=1S/C13H10Cl2N2OS/c1-2-5-17-12(18)11(16-13(17)19)6-8-3-4-9(14)7-10(8)15/h2-4,6-7H,1,5H2,(H,16,19)/b11-6+. The zero-order valence-electron chi connectivity index (χ0n) is 9.82. The van der Waals surface area contributed by atoms with Crippen molar-refractivity contribution >= 4 is 52.5 Å². The molecule has 1 saturated heterocycles. The zero-order chi connectivity index (χ0) is 14.0. The number of hydrogen-bond donors (Lipinski definition) is 1. The van der Waals surface area contributed by atoms with Crippen LogP contribution in [0, 0.1) is 0 Å². The number of hydrogen-bond acceptors (Lipinski definition) is 2. The Kier molecular flexibility index (Phi) is 4.24. The van der Waals surface area contributed by atoms with Gasteiger partial charge in [-0.1, -0.05) is 35.3 Å². The van der Waals surface area contributed by atoms with Gasteiger partial charge in [-0.05, 0) is 36.0 Å². The van der Waals surface area contributed by atoms with Crippen molar-refractivity contribution in [3.8, 4) is 0 Å². The van der Waals surface area contributed by atoms with E-state index in [1.165, 1.54) is 4.90 Å². The summed E-state index contributed by atoms with van der Waals surface area (Å²) in [7, 11) is 0. The summed E-state index contributed by atoms with van der Waals surface area (Å²) in [6.07, 6.45) is 3.26. The molecule has 0 spiro atoms. The van der Waals surface area contributed by atoms with E-state index in [0.717, 1.165) is 0 Å². The highest BCUT2D eigenvalue weighted by Gasteiger charge is 2.29. The average molecular weight is 313 g/mol. The van der Waals surface area contributed by atoms with E-state index in [9.17, 15) is 4.79 Å². The van der Waals surface area contributed by atoms with Crippen molar-refractivity contribution in [2.24, 2.45) is 0 Å². The zero-order valence-corrected chi connectivity index (χ0v) is 12.1. The molecule has 98 valence electrons. The van der Waals surface area contributed by atoms with Crippen LogP contribution in [0.3, 0.4) is 0 Å². The van der Waals surface area contributed by atoms with E-state index in [2.05, 4.69) is 11.9 Å². The fraction of sp³-hybridized carbons (Fsp3) is 0.0769. The Bertz CT molecular complexity index is 598. The molecule has 6 heteroatoms. The van der Waals surface area contributed by atoms with E-state index < -0.39 is 0 Å². The third-order valence-corrected chi connectivity index (χ3v) is 3.42. The first-order chi connectivity index (χ1) is 9.02. The average Bonchev–Trinajstić information content (AvgIpc) is 2.61. The minimum absolute atomic E-state index is 0.198. The van der Waals surface area contributed by atoms with Gasteiger partial charge in [0.25, 0.3) is 5.91 Å². The summed E-state index contributed by atoms with van der Waals surface area (Å²) < 4.78 is 0. The SMILES string of the molecule is C=CCN1C(=O)/C(=C\c2ccc(Cl)cc2Cl)NC1=S. The van der Waals surface area contributed by atoms with Gasteiger partial charge in [0, 0.05) is 16.6 Å². The summed E-state index contributed by atoms with van der Waals surface area (Å²) in [6, 6.07) is 5.07. The van der Waals surface area contributed by atoms with E-state index in [4.69, 9.17) is 35.4 Å². The smallest absolute Gasteiger partial charge is 0.276 e. The first-order valence-electron chi connectivity index (χ1n) is 5.43. The minimum Gasteiger partial charge on any atom is -0.328 e. The van der Waals surface area contributed by atoms with Crippen LogP contribution >= 0.6 is 35.4 Å². The van der Waals surface area contributed by atoms with Crippen LogP contribution < -0.4 is 5.32 Å². The van der Waals surface area contributed by atoms with Crippen molar-refractivity contribution in [1.82, 2.24) is 10.2 Å². The topological polar surface area (TPSA) is 32.3 Å². The van der Waals surface area contributed by atoms with Gasteiger partial charge in [0.15, 0.2) is 5.11 Å². The summed E-state index contributed by atoms with van der Waals surface area (Å²) in [5, 5.41) is 4.24. The molecule has 0 radical (unpaired) electrons. The first-order valence-corrected chi connectivity index (χ1v) is 6.60. The number of carbonyl (C=O) groups excluding carboxylic acids is 1. The number of nitrogens with zero attached hydrogens (tertiary/aromatic N) is 1. The second kappa shape index (κ2) is 5.74. The van der Waals surface area contributed by atoms with Crippen molar-refractivity contribution in [3.05, 3.63) is 52.2 Å². The second-order valence-electron chi connectivity index (χ2n) is 3.86. The molecular weight excluding hydrogens is 303 g/mol.